The molecule has 204 valence electrons. The molecule has 0 radical (unpaired) electrons. The highest BCUT2D eigenvalue weighted by molar-refractivity contribution is 7.13. The lowest BCUT2D eigenvalue weighted by Crippen LogP contribution is -2.13. The van der Waals surface area contributed by atoms with E-state index in [1.165, 1.54) is 12.5 Å². The molecular weight excluding hydrogens is 557 g/mol. The Hall–Kier alpha value is -3.91. The molecule has 0 aliphatic carbocycles. The molecule has 0 aliphatic heterocycles. The molecule has 15 heteroatoms. The Kier molecular flexibility index (Phi) is 8.86. The van der Waals surface area contributed by atoms with Crippen molar-refractivity contribution >= 4 is 46.3 Å². The van der Waals surface area contributed by atoms with Crippen LogP contribution in [0.2, 0.25) is 5.02 Å². The molecule has 0 saturated heterocycles. The summed E-state index contributed by atoms with van der Waals surface area (Å²) in [7, 11) is 0. The number of carbonyl (C=O) groups is 2. The second-order valence-corrected chi connectivity index (χ2v) is 9.96. The third-order valence-electron chi connectivity index (χ3n) is 5.50. The van der Waals surface area contributed by atoms with Crippen LogP contribution in [0, 0.1) is 0 Å². The minimum Gasteiger partial charge on any atom is -0.370 e. The van der Waals surface area contributed by atoms with Crippen LogP contribution in [0.5, 0.6) is 0 Å². The minimum absolute atomic E-state index is 0.0819. The first-order valence-electron chi connectivity index (χ1n) is 11.7. The lowest BCUT2D eigenvalue weighted by atomic mass is 10.0. The number of halogens is 4. The van der Waals surface area contributed by atoms with Crippen LogP contribution in [0.3, 0.4) is 0 Å². The number of H-pyrrole nitrogens is 1. The van der Waals surface area contributed by atoms with E-state index in [1.807, 2.05) is 6.07 Å². The van der Waals surface area contributed by atoms with Crippen LogP contribution >= 0.6 is 22.9 Å². The average Bonchev–Trinajstić information content (AvgIpc) is 3.60. The molecule has 1 atom stereocenters. The first-order valence-corrected chi connectivity index (χ1v) is 12.9. The summed E-state index contributed by atoms with van der Waals surface area (Å²) in [6.45, 7) is 2.43. The van der Waals surface area contributed by atoms with Gasteiger partial charge < -0.3 is 10.6 Å². The van der Waals surface area contributed by atoms with Crippen molar-refractivity contribution in [1.29, 1.82) is 0 Å². The van der Waals surface area contributed by atoms with E-state index in [1.54, 1.807) is 19.2 Å². The Morgan fingerprint density at radius 1 is 1.13 bits per heavy atom. The Bertz CT molecular complexity index is 1450. The van der Waals surface area contributed by atoms with Gasteiger partial charge in [-0.1, -0.05) is 18.5 Å². The SMILES string of the molecule is CC(CC(=O)c1cc(NCCCc2ccn[nH]2)ncn1)c1ncc(C(=O)Nc2cc(C(F)(F)F)c(Cl)cn2)s1. The quantitative estimate of drug-likeness (QED) is 0.159. The molecule has 0 fully saturated rings. The molecule has 1 amide bonds. The molecule has 4 heterocycles. The molecule has 0 spiro atoms. The Morgan fingerprint density at radius 3 is 2.69 bits per heavy atom. The molecule has 39 heavy (non-hydrogen) atoms. The molecule has 0 aromatic carbocycles. The van der Waals surface area contributed by atoms with Crippen molar-refractivity contribution in [3.63, 3.8) is 0 Å². The van der Waals surface area contributed by atoms with Gasteiger partial charge in [-0.05, 0) is 25.0 Å². The molecule has 4 aromatic rings. The number of thiazole rings is 1. The normalized spacial score (nSPS) is 12.2. The van der Waals surface area contributed by atoms with E-state index in [-0.39, 0.29) is 34.5 Å². The van der Waals surface area contributed by atoms with Gasteiger partial charge in [0.25, 0.3) is 5.91 Å². The molecule has 3 N–H and O–H groups in total. The molecule has 1 unspecified atom stereocenters. The summed E-state index contributed by atoms with van der Waals surface area (Å²) in [6.07, 6.45) is 2.18. The molecule has 4 aromatic heterocycles. The number of anilines is 2. The van der Waals surface area contributed by atoms with Gasteiger partial charge >= 0.3 is 6.18 Å². The summed E-state index contributed by atoms with van der Waals surface area (Å²) in [4.78, 5) is 41.7. The van der Waals surface area contributed by atoms with Gasteiger partial charge in [-0.2, -0.15) is 18.3 Å². The maximum Gasteiger partial charge on any atom is 0.418 e. The van der Waals surface area contributed by atoms with Gasteiger partial charge in [0.05, 0.1) is 21.8 Å². The largest absolute Gasteiger partial charge is 0.418 e. The number of aromatic amines is 1. The zero-order chi connectivity index (χ0) is 28.0. The number of hydrogen-bond donors (Lipinski definition) is 3. The lowest BCUT2D eigenvalue weighted by molar-refractivity contribution is -0.137. The number of hydrogen-bond acceptors (Lipinski definition) is 9. The minimum atomic E-state index is -4.69. The van der Waals surface area contributed by atoms with Gasteiger partial charge in [-0.15, -0.1) is 11.3 Å². The standard InChI is InChI=1S/C24H22ClF3N8O2S/c1-13(7-18(37)17-9-20(33-12-32-17)29-5-2-3-14-4-6-34-36-14)23-31-11-19(39-23)22(38)35-21-8-15(24(26,27)28)16(25)10-30-21/h4,6,8-13H,2-3,5,7H2,1H3,(H,34,36)(H,29,32,33)(H,30,35,38). The lowest BCUT2D eigenvalue weighted by Gasteiger charge is -2.10. The van der Waals surface area contributed by atoms with E-state index in [9.17, 15) is 22.8 Å². The van der Waals surface area contributed by atoms with Crippen molar-refractivity contribution in [3.05, 3.63) is 75.0 Å². The van der Waals surface area contributed by atoms with Crippen LogP contribution < -0.4 is 10.6 Å². The second kappa shape index (κ2) is 12.3. The van der Waals surface area contributed by atoms with Crippen LogP contribution in [0.4, 0.5) is 24.8 Å². The van der Waals surface area contributed by atoms with E-state index in [2.05, 4.69) is 40.8 Å². The second-order valence-electron chi connectivity index (χ2n) is 8.49. The molecule has 0 saturated carbocycles. The fourth-order valence-corrected chi connectivity index (χ4v) is 4.59. The van der Waals surface area contributed by atoms with Gasteiger partial charge in [0.1, 0.15) is 28.5 Å². The molecule has 0 bridgehead atoms. The van der Waals surface area contributed by atoms with E-state index in [0.29, 0.717) is 23.4 Å². The highest BCUT2D eigenvalue weighted by atomic mass is 35.5. The van der Waals surface area contributed by atoms with E-state index >= 15 is 0 Å². The first-order chi connectivity index (χ1) is 18.6. The fraction of sp³-hybridized carbons (Fsp3) is 0.292. The monoisotopic (exact) mass is 578 g/mol. The third-order valence-corrected chi connectivity index (χ3v) is 7.03. The van der Waals surface area contributed by atoms with Crippen LogP contribution in [-0.2, 0) is 12.6 Å². The van der Waals surface area contributed by atoms with Crippen molar-refractivity contribution in [2.45, 2.75) is 38.3 Å². The fourth-order valence-electron chi connectivity index (χ4n) is 3.52. The predicted molar refractivity (Wildman–Crippen MR) is 139 cm³/mol. The highest BCUT2D eigenvalue weighted by Crippen LogP contribution is 2.35. The number of nitrogens with zero attached hydrogens (tertiary/aromatic N) is 5. The molecule has 10 nitrogen and oxygen atoms in total. The molecule has 0 aliphatic rings. The predicted octanol–water partition coefficient (Wildman–Crippen LogP) is 5.40. The number of Topliss-reactive ketones (excluding diaryl/α,β-unsaturated/α-hetero) is 1. The summed E-state index contributed by atoms with van der Waals surface area (Å²) < 4.78 is 39.2. The van der Waals surface area contributed by atoms with Gasteiger partial charge in [-0.25, -0.2) is 19.9 Å². The molecular formula is C24H22ClF3N8O2S. The van der Waals surface area contributed by atoms with Gasteiger partial charge in [0, 0.05) is 43.0 Å². The third kappa shape index (κ3) is 7.57. The van der Waals surface area contributed by atoms with Crippen LogP contribution in [-0.4, -0.2) is 48.4 Å². The van der Waals surface area contributed by atoms with Crippen molar-refractivity contribution in [1.82, 2.24) is 30.1 Å². The Balaban J connectivity index is 1.32. The van der Waals surface area contributed by atoms with Gasteiger partial charge in [-0.3, -0.25) is 14.7 Å². The molecule has 4 rings (SSSR count). The summed E-state index contributed by atoms with van der Waals surface area (Å²) in [6, 6.07) is 4.15. The highest BCUT2D eigenvalue weighted by Gasteiger charge is 2.34. The number of carbonyl (C=O) groups excluding carboxylic acids is 2. The number of ketones is 1. The zero-order valence-corrected chi connectivity index (χ0v) is 22.0. The van der Waals surface area contributed by atoms with Crippen LogP contribution in [0.25, 0.3) is 0 Å². The zero-order valence-electron chi connectivity index (χ0n) is 20.4. The van der Waals surface area contributed by atoms with E-state index in [0.717, 1.165) is 36.1 Å². The summed E-state index contributed by atoms with van der Waals surface area (Å²) in [5.41, 5.74) is 0.171. The number of nitrogens with one attached hydrogen (secondary N) is 3. The maximum absolute atomic E-state index is 13.1. The summed E-state index contributed by atoms with van der Waals surface area (Å²) in [5, 5.41) is 12.2. The van der Waals surface area contributed by atoms with E-state index < -0.39 is 22.7 Å². The first kappa shape index (κ1) is 28.1. The van der Waals surface area contributed by atoms with Crippen molar-refractivity contribution in [2.24, 2.45) is 0 Å². The van der Waals surface area contributed by atoms with Crippen molar-refractivity contribution < 1.29 is 22.8 Å². The van der Waals surface area contributed by atoms with Gasteiger partial charge in [0.2, 0.25) is 0 Å². The Morgan fingerprint density at radius 2 is 1.95 bits per heavy atom. The van der Waals surface area contributed by atoms with Crippen molar-refractivity contribution in [2.75, 3.05) is 17.2 Å². The summed E-state index contributed by atoms with van der Waals surface area (Å²) in [5.74, 6) is -1.01. The number of alkyl halides is 3. The summed E-state index contributed by atoms with van der Waals surface area (Å²) >= 11 is 6.60. The van der Waals surface area contributed by atoms with E-state index in [4.69, 9.17) is 11.6 Å². The number of pyridine rings is 1. The van der Waals surface area contributed by atoms with Crippen LogP contribution in [0.15, 0.2) is 43.1 Å². The number of rotatable bonds is 11. The smallest absolute Gasteiger partial charge is 0.370 e. The van der Waals surface area contributed by atoms with Crippen LogP contribution in [0.1, 0.15) is 62.1 Å². The maximum atomic E-state index is 13.1. The number of amides is 1. The Labute approximate surface area is 229 Å². The average molecular weight is 579 g/mol. The number of aromatic nitrogens is 6. The van der Waals surface area contributed by atoms with Crippen molar-refractivity contribution in [3.8, 4) is 0 Å². The van der Waals surface area contributed by atoms with Gasteiger partial charge in [0.15, 0.2) is 5.78 Å². The number of aryl methyl sites for hydroxylation is 1. The topological polar surface area (TPSA) is 138 Å².